The molecule has 2 atom stereocenters. The van der Waals surface area contributed by atoms with Gasteiger partial charge in [-0.2, -0.15) is 0 Å². The number of primary amides is 1. The van der Waals surface area contributed by atoms with Crippen LogP contribution in [0.1, 0.15) is 25.7 Å². The Morgan fingerprint density at radius 2 is 1.80 bits per heavy atom. The molecule has 2 rings (SSSR count). The highest BCUT2D eigenvalue weighted by atomic mass is 16.2. The van der Waals surface area contributed by atoms with Crippen molar-refractivity contribution >= 4 is 6.03 Å². The lowest BCUT2D eigenvalue weighted by molar-refractivity contribution is 0.234. The first-order valence-corrected chi connectivity index (χ1v) is 3.88. The van der Waals surface area contributed by atoms with Gasteiger partial charge in [-0.1, -0.05) is 12.8 Å². The molecule has 10 heavy (non-hydrogen) atoms. The second-order valence-corrected chi connectivity index (χ2v) is 3.16. The molecule has 0 bridgehead atoms. The van der Waals surface area contributed by atoms with E-state index in [0.29, 0.717) is 12.1 Å². The topological polar surface area (TPSA) is 46.1 Å². The molecule has 2 aliphatic rings. The third-order valence-corrected chi connectivity index (χ3v) is 2.57. The number of rotatable bonds is 0. The van der Waals surface area contributed by atoms with Crippen molar-refractivity contribution in [1.82, 2.24) is 4.90 Å². The highest BCUT2D eigenvalue weighted by molar-refractivity contribution is 5.76. The largest absolute Gasteiger partial charge is 0.351 e. The van der Waals surface area contributed by atoms with E-state index in [1.54, 1.807) is 0 Å². The fraction of sp³-hybridized carbons (Fsp3) is 0.857. The Morgan fingerprint density at radius 3 is 2.20 bits per heavy atom. The van der Waals surface area contributed by atoms with Gasteiger partial charge < -0.3 is 10.6 Å². The molecule has 3 nitrogen and oxygen atoms in total. The van der Waals surface area contributed by atoms with Crippen molar-refractivity contribution in [2.45, 2.75) is 37.8 Å². The van der Waals surface area contributed by atoms with E-state index in [-0.39, 0.29) is 6.03 Å². The van der Waals surface area contributed by atoms with Gasteiger partial charge in [-0.05, 0) is 12.8 Å². The molecular formula is C7H12N2O. The summed E-state index contributed by atoms with van der Waals surface area (Å²) < 4.78 is 0. The molecule has 1 heterocycles. The first-order chi connectivity index (χ1) is 4.80. The van der Waals surface area contributed by atoms with Crippen LogP contribution in [0.15, 0.2) is 0 Å². The van der Waals surface area contributed by atoms with Gasteiger partial charge >= 0.3 is 6.03 Å². The maximum atomic E-state index is 10.7. The molecule has 0 aromatic rings. The van der Waals surface area contributed by atoms with Crippen molar-refractivity contribution in [2.75, 3.05) is 0 Å². The summed E-state index contributed by atoms with van der Waals surface area (Å²) in [4.78, 5) is 12.5. The average Bonchev–Trinajstić information content (AvgIpc) is 2.60. The second-order valence-electron chi connectivity index (χ2n) is 3.16. The molecular weight excluding hydrogens is 128 g/mol. The van der Waals surface area contributed by atoms with Crippen LogP contribution in [0.3, 0.4) is 0 Å². The Bertz CT molecular complexity index is 157. The minimum absolute atomic E-state index is 0.225. The van der Waals surface area contributed by atoms with Crippen molar-refractivity contribution < 1.29 is 4.79 Å². The number of nitrogens with zero attached hydrogens (tertiary/aromatic N) is 1. The van der Waals surface area contributed by atoms with Gasteiger partial charge in [0.05, 0.1) is 12.1 Å². The molecule has 3 heteroatoms. The number of likely N-dealkylation sites (tertiary alicyclic amines) is 1. The SMILES string of the molecule is NC(=O)N1[C@H]2CCCC[C@@H]21. The third kappa shape index (κ3) is 0.696. The highest BCUT2D eigenvalue weighted by Crippen LogP contribution is 2.39. The van der Waals surface area contributed by atoms with Gasteiger partial charge in [0, 0.05) is 0 Å². The predicted octanol–water partition coefficient (Wildman–Crippen LogP) is 0.692. The molecule has 2 N–H and O–H groups in total. The molecule has 0 unspecified atom stereocenters. The van der Waals surface area contributed by atoms with E-state index in [0.717, 1.165) is 0 Å². The normalized spacial score (nSPS) is 37.0. The first-order valence-electron chi connectivity index (χ1n) is 3.88. The van der Waals surface area contributed by atoms with Crippen LogP contribution in [0.2, 0.25) is 0 Å². The monoisotopic (exact) mass is 140 g/mol. The zero-order chi connectivity index (χ0) is 7.14. The van der Waals surface area contributed by atoms with E-state index >= 15 is 0 Å². The Morgan fingerprint density at radius 1 is 1.30 bits per heavy atom. The summed E-state index contributed by atoms with van der Waals surface area (Å²) in [5.74, 6) is 0. The quantitative estimate of drug-likeness (QED) is 0.494. The molecule has 1 aliphatic heterocycles. The first kappa shape index (κ1) is 6.01. The van der Waals surface area contributed by atoms with Crippen molar-refractivity contribution in [3.05, 3.63) is 0 Å². The third-order valence-electron chi connectivity index (χ3n) is 2.57. The zero-order valence-corrected chi connectivity index (χ0v) is 5.92. The van der Waals surface area contributed by atoms with Crippen LogP contribution in [-0.4, -0.2) is 23.0 Å². The van der Waals surface area contributed by atoms with Crippen molar-refractivity contribution in [2.24, 2.45) is 5.73 Å². The van der Waals surface area contributed by atoms with E-state index in [9.17, 15) is 4.79 Å². The Kier molecular flexibility index (Phi) is 1.13. The second kappa shape index (κ2) is 1.87. The summed E-state index contributed by atoms with van der Waals surface area (Å²) >= 11 is 0. The van der Waals surface area contributed by atoms with Crippen molar-refractivity contribution in [3.63, 3.8) is 0 Å². The minimum Gasteiger partial charge on any atom is -0.351 e. The Labute approximate surface area is 60.2 Å². The molecule has 0 aromatic heterocycles. The lowest BCUT2D eigenvalue weighted by atomic mass is 10.0. The highest BCUT2D eigenvalue weighted by Gasteiger charge is 2.50. The number of hydrogen-bond acceptors (Lipinski definition) is 1. The Hall–Kier alpha value is -0.730. The van der Waals surface area contributed by atoms with E-state index in [1.165, 1.54) is 25.7 Å². The van der Waals surface area contributed by atoms with Crippen LogP contribution in [0.25, 0.3) is 0 Å². The Balaban J connectivity index is 1.99. The van der Waals surface area contributed by atoms with Gasteiger partial charge in [0.2, 0.25) is 0 Å². The molecule has 2 amide bonds. The fourth-order valence-electron chi connectivity index (χ4n) is 2.03. The standard InChI is InChI=1S/C7H12N2O/c8-7(10)9-5-3-1-2-4-6(5)9/h5-6H,1-4H2,(H2,8,10)/t5-,6-/m0/s1. The van der Waals surface area contributed by atoms with E-state index in [1.807, 2.05) is 4.90 Å². The van der Waals surface area contributed by atoms with Crippen LogP contribution in [0, 0.1) is 0 Å². The summed E-state index contributed by atoms with van der Waals surface area (Å²) in [5.41, 5.74) is 5.14. The van der Waals surface area contributed by atoms with Crippen LogP contribution in [0.4, 0.5) is 4.79 Å². The molecule has 2 fully saturated rings. The number of amides is 2. The maximum absolute atomic E-state index is 10.7. The smallest absolute Gasteiger partial charge is 0.315 e. The van der Waals surface area contributed by atoms with E-state index < -0.39 is 0 Å². The van der Waals surface area contributed by atoms with Crippen molar-refractivity contribution in [1.29, 1.82) is 0 Å². The van der Waals surface area contributed by atoms with E-state index in [4.69, 9.17) is 5.73 Å². The fourth-order valence-corrected chi connectivity index (χ4v) is 2.03. The zero-order valence-electron chi connectivity index (χ0n) is 5.92. The summed E-state index contributed by atoms with van der Waals surface area (Å²) in [6, 6.07) is 0.814. The lowest BCUT2D eigenvalue weighted by Crippen LogP contribution is -2.21. The summed E-state index contributed by atoms with van der Waals surface area (Å²) in [6.07, 6.45) is 4.89. The van der Waals surface area contributed by atoms with Gasteiger partial charge in [0.15, 0.2) is 0 Å². The number of carbonyl (C=O) groups is 1. The van der Waals surface area contributed by atoms with Crippen molar-refractivity contribution in [3.8, 4) is 0 Å². The molecule has 0 spiro atoms. The lowest BCUT2D eigenvalue weighted by Gasteiger charge is -2.01. The van der Waals surface area contributed by atoms with Gasteiger partial charge in [-0.25, -0.2) is 4.79 Å². The molecule has 1 saturated heterocycles. The number of nitrogens with two attached hydrogens (primary N) is 1. The van der Waals surface area contributed by atoms with Crippen LogP contribution >= 0.6 is 0 Å². The number of carbonyl (C=O) groups excluding carboxylic acids is 1. The summed E-state index contributed by atoms with van der Waals surface area (Å²) in [5, 5.41) is 0. The molecule has 56 valence electrons. The number of fused-ring (bicyclic) bond motifs is 1. The van der Waals surface area contributed by atoms with Gasteiger partial charge in [0.1, 0.15) is 0 Å². The van der Waals surface area contributed by atoms with E-state index in [2.05, 4.69) is 0 Å². The average molecular weight is 140 g/mol. The van der Waals surface area contributed by atoms with Gasteiger partial charge in [-0.15, -0.1) is 0 Å². The van der Waals surface area contributed by atoms with Crippen LogP contribution < -0.4 is 5.73 Å². The van der Waals surface area contributed by atoms with Crippen LogP contribution in [-0.2, 0) is 0 Å². The molecule has 1 aliphatic carbocycles. The van der Waals surface area contributed by atoms with Gasteiger partial charge in [-0.3, -0.25) is 0 Å². The summed E-state index contributed by atoms with van der Waals surface area (Å²) in [6.45, 7) is 0. The predicted molar refractivity (Wildman–Crippen MR) is 37.5 cm³/mol. The minimum atomic E-state index is -0.225. The molecule has 0 aromatic carbocycles. The summed E-state index contributed by atoms with van der Waals surface area (Å²) in [7, 11) is 0. The maximum Gasteiger partial charge on any atom is 0.315 e. The molecule has 0 radical (unpaired) electrons. The number of urea groups is 1. The molecule has 1 saturated carbocycles. The van der Waals surface area contributed by atoms with Crippen LogP contribution in [0.5, 0.6) is 0 Å². The number of hydrogen-bond donors (Lipinski definition) is 1. The van der Waals surface area contributed by atoms with Gasteiger partial charge in [0.25, 0.3) is 0 Å².